The molecule has 0 aliphatic carbocycles. The molecule has 3 aromatic carbocycles. The molecule has 0 saturated heterocycles. The summed E-state index contributed by atoms with van der Waals surface area (Å²) in [6.45, 7) is 1.75. The molecule has 34 heavy (non-hydrogen) atoms. The first kappa shape index (κ1) is 23.8. The van der Waals surface area contributed by atoms with E-state index in [9.17, 15) is 16.8 Å². The van der Waals surface area contributed by atoms with Gasteiger partial charge in [-0.1, -0.05) is 42.5 Å². The predicted molar refractivity (Wildman–Crippen MR) is 132 cm³/mol. The van der Waals surface area contributed by atoms with Crippen LogP contribution in [0.25, 0.3) is 0 Å². The SMILES string of the molecule is COc1ccc([C@H]2CC(c3cccc(NS(C)(=O)=O)c3)=NN2S(=O)(=O)c2ccccc2C)cc1. The van der Waals surface area contributed by atoms with Crippen LogP contribution in [0.4, 0.5) is 5.69 Å². The second-order valence-electron chi connectivity index (χ2n) is 8.04. The molecule has 3 aromatic rings. The van der Waals surface area contributed by atoms with Crippen molar-refractivity contribution < 1.29 is 21.6 Å². The van der Waals surface area contributed by atoms with Gasteiger partial charge >= 0.3 is 0 Å². The molecule has 1 atom stereocenters. The van der Waals surface area contributed by atoms with Gasteiger partial charge in [-0.15, -0.1) is 0 Å². The summed E-state index contributed by atoms with van der Waals surface area (Å²) in [7, 11) is -5.85. The standard InChI is InChI=1S/C24H25N3O5S2/c1-17-7-4-5-10-24(17)34(30,31)27-23(18-11-13-21(32-2)14-12-18)16-22(25-27)19-8-6-9-20(15-19)26-33(3,28)29/h4-15,23,26H,16H2,1-3H3/t23-/m1/s1. The molecule has 0 spiro atoms. The number of hydrazone groups is 1. The van der Waals surface area contributed by atoms with Crippen LogP contribution in [0.3, 0.4) is 0 Å². The van der Waals surface area contributed by atoms with Crippen LogP contribution in [-0.2, 0) is 20.0 Å². The van der Waals surface area contributed by atoms with Crippen molar-refractivity contribution in [2.75, 3.05) is 18.1 Å². The van der Waals surface area contributed by atoms with E-state index in [0.29, 0.717) is 34.7 Å². The summed E-state index contributed by atoms with van der Waals surface area (Å²) in [6.07, 6.45) is 1.39. The first-order valence-electron chi connectivity index (χ1n) is 10.5. The lowest BCUT2D eigenvalue weighted by Crippen LogP contribution is -2.27. The second-order valence-corrected chi connectivity index (χ2v) is 11.6. The summed E-state index contributed by atoms with van der Waals surface area (Å²) in [4.78, 5) is 0.186. The van der Waals surface area contributed by atoms with Crippen molar-refractivity contribution in [1.82, 2.24) is 4.41 Å². The summed E-state index contributed by atoms with van der Waals surface area (Å²) in [5.41, 5.74) is 2.94. The molecule has 8 nitrogen and oxygen atoms in total. The lowest BCUT2D eigenvalue weighted by atomic mass is 9.99. The van der Waals surface area contributed by atoms with Crippen molar-refractivity contribution >= 4 is 31.4 Å². The summed E-state index contributed by atoms with van der Waals surface area (Å²) in [6, 6.07) is 20.2. The highest BCUT2D eigenvalue weighted by molar-refractivity contribution is 7.92. The van der Waals surface area contributed by atoms with Crippen LogP contribution in [0, 0.1) is 6.92 Å². The molecule has 10 heteroatoms. The van der Waals surface area contributed by atoms with Gasteiger partial charge in [-0.25, -0.2) is 8.42 Å². The van der Waals surface area contributed by atoms with Crippen molar-refractivity contribution in [1.29, 1.82) is 0 Å². The van der Waals surface area contributed by atoms with Crippen molar-refractivity contribution in [3.05, 3.63) is 89.5 Å². The average Bonchev–Trinajstić information content (AvgIpc) is 3.25. The second kappa shape index (κ2) is 9.11. The Hall–Kier alpha value is -3.37. The van der Waals surface area contributed by atoms with E-state index in [0.717, 1.165) is 16.2 Å². The highest BCUT2D eigenvalue weighted by Gasteiger charge is 2.38. The molecule has 178 valence electrons. The molecule has 1 heterocycles. The maximum Gasteiger partial charge on any atom is 0.279 e. The number of anilines is 1. The number of aryl methyl sites for hydroxylation is 1. The van der Waals surface area contributed by atoms with Crippen molar-refractivity contribution in [3.8, 4) is 5.75 Å². The molecular formula is C24H25N3O5S2. The number of benzene rings is 3. The van der Waals surface area contributed by atoms with Gasteiger partial charge in [-0.2, -0.15) is 17.9 Å². The summed E-state index contributed by atoms with van der Waals surface area (Å²) >= 11 is 0. The van der Waals surface area contributed by atoms with E-state index < -0.39 is 26.1 Å². The van der Waals surface area contributed by atoms with Gasteiger partial charge in [0, 0.05) is 12.1 Å². The normalized spacial score (nSPS) is 16.3. The third-order valence-corrected chi connectivity index (χ3v) is 7.94. The summed E-state index contributed by atoms with van der Waals surface area (Å²) in [5.74, 6) is 0.663. The lowest BCUT2D eigenvalue weighted by Gasteiger charge is -2.24. The van der Waals surface area contributed by atoms with E-state index in [1.165, 1.54) is 0 Å². The van der Waals surface area contributed by atoms with E-state index in [-0.39, 0.29) is 4.90 Å². The minimum absolute atomic E-state index is 0.186. The zero-order valence-corrected chi connectivity index (χ0v) is 20.6. The molecule has 1 N–H and O–H groups in total. The maximum atomic E-state index is 13.7. The molecular weight excluding hydrogens is 474 g/mol. The predicted octanol–water partition coefficient (Wildman–Crippen LogP) is 3.92. The number of nitrogens with zero attached hydrogens (tertiary/aromatic N) is 2. The van der Waals surface area contributed by atoms with E-state index in [1.54, 1.807) is 74.7 Å². The molecule has 0 bridgehead atoms. The van der Waals surface area contributed by atoms with Gasteiger partial charge in [-0.05, 0) is 53.9 Å². The van der Waals surface area contributed by atoms with Gasteiger partial charge in [0.2, 0.25) is 10.0 Å². The number of hydrogen-bond donors (Lipinski definition) is 1. The van der Waals surface area contributed by atoms with Crippen LogP contribution in [0.15, 0.2) is 82.8 Å². The fourth-order valence-corrected chi connectivity index (χ4v) is 6.10. The smallest absolute Gasteiger partial charge is 0.279 e. The van der Waals surface area contributed by atoms with Crippen molar-refractivity contribution in [3.63, 3.8) is 0 Å². The first-order valence-corrected chi connectivity index (χ1v) is 13.8. The average molecular weight is 500 g/mol. The Morgan fingerprint density at radius 1 is 0.971 bits per heavy atom. The van der Waals surface area contributed by atoms with Crippen LogP contribution in [0.5, 0.6) is 5.75 Å². The lowest BCUT2D eigenvalue weighted by molar-refractivity contribution is 0.370. The first-order chi connectivity index (χ1) is 16.1. The molecule has 0 radical (unpaired) electrons. The highest BCUT2D eigenvalue weighted by Crippen LogP contribution is 2.38. The largest absolute Gasteiger partial charge is 0.497 e. The van der Waals surface area contributed by atoms with Crippen LogP contribution in [0.1, 0.15) is 29.2 Å². The van der Waals surface area contributed by atoms with E-state index >= 15 is 0 Å². The fourth-order valence-electron chi connectivity index (χ4n) is 3.88. The Balaban J connectivity index is 1.79. The minimum atomic E-state index is -3.96. The Bertz CT molecular complexity index is 1450. The Morgan fingerprint density at radius 2 is 1.68 bits per heavy atom. The van der Waals surface area contributed by atoms with Gasteiger partial charge in [-0.3, -0.25) is 4.72 Å². The summed E-state index contributed by atoms with van der Waals surface area (Å²) in [5, 5.41) is 4.54. The minimum Gasteiger partial charge on any atom is -0.497 e. The fraction of sp³-hybridized carbons (Fsp3) is 0.208. The maximum absolute atomic E-state index is 13.7. The Labute approximate surface area is 200 Å². The Morgan fingerprint density at radius 3 is 2.32 bits per heavy atom. The van der Waals surface area contributed by atoms with E-state index in [1.807, 2.05) is 12.1 Å². The van der Waals surface area contributed by atoms with Crippen molar-refractivity contribution in [2.24, 2.45) is 5.10 Å². The topological polar surface area (TPSA) is 105 Å². The van der Waals surface area contributed by atoms with Crippen LogP contribution < -0.4 is 9.46 Å². The molecule has 0 unspecified atom stereocenters. The van der Waals surface area contributed by atoms with Gasteiger partial charge in [0.1, 0.15) is 5.75 Å². The molecule has 0 fully saturated rings. The number of sulfonamides is 2. The monoisotopic (exact) mass is 499 g/mol. The highest BCUT2D eigenvalue weighted by atomic mass is 32.2. The number of rotatable bonds is 7. The summed E-state index contributed by atoms with van der Waals surface area (Å²) < 4.78 is 59.5. The molecule has 1 aliphatic rings. The van der Waals surface area contributed by atoms with Gasteiger partial charge < -0.3 is 4.74 Å². The molecule has 0 saturated carbocycles. The zero-order chi connectivity index (χ0) is 24.5. The van der Waals surface area contributed by atoms with Crippen LogP contribution in [0.2, 0.25) is 0 Å². The van der Waals surface area contributed by atoms with Gasteiger partial charge in [0.15, 0.2) is 0 Å². The molecule has 0 aromatic heterocycles. The van der Waals surface area contributed by atoms with Gasteiger partial charge in [0.25, 0.3) is 10.0 Å². The van der Waals surface area contributed by atoms with E-state index in [4.69, 9.17) is 4.74 Å². The quantitative estimate of drug-likeness (QED) is 0.531. The third kappa shape index (κ3) is 4.92. The zero-order valence-electron chi connectivity index (χ0n) is 19.0. The molecule has 1 aliphatic heterocycles. The number of hydrogen-bond acceptors (Lipinski definition) is 6. The van der Waals surface area contributed by atoms with Crippen LogP contribution in [-0.4, -0.2) is 40.3 Å². The number of methoxy groups -OCH3 is 1. The number of nitrogens with one attached hydrogen (secondary N) is 1. The van der Waals surface area contributed by atoms with E-state index in [2.05, 4.69) is 9.82 Å². The molecule has 0 amide bonds. The molecule has 4 rings (SSSR count). The number of ether oxygens (including phenoxy) is 1. The van der Waals surface area contributed by atoms with Crippen molar-refractivity contribution in [2.45, 2.75) is 24.3 Å². The Kier molecular flexibility index (Phi) is 6.37. The van der Waals surface area contributed by atoms with Gasteiger partial charge in [0.05, 0.1) is 30.0 Å². The third-order valence-electron chi connectivity index (χ3n) is 5.49. The van der Waals surface area contributed by atoms with Crippen LogP contribution >= 0.6 is 0 Å².